The van der Waals surface area contributed by atoms with E-state index >= 15 is 0 Å². The van der Waals surface area contributed by atoms with Crippen LogP contribution in [-0.2, 0) is 20.9 Å². The van der Waals surface area contributed by atoms with Gasteiger partial charge in [0.05, 0.1) is 26.0 Å². The van der Waals surface area contributed by atoms with Crippen LogP contribution < -0.4 is 14.4 Å². The summed E-state index contributed by atoms with van der Waals surface area (Å²) in [4.78, 5) is 25.7. The van der Waals surface area contributed by atoms with E-state index in [1.165, 1.54) is 12.0 Å². The van der Waals surface area contributed by atoms with Crippen LogP contribution >= 0.6 is 0 Å². The minimum Gasteiger partial charge on any atom is -0.490 e. The van der Waals surface area contributed by atoms with Gasteiger partial charge in [0.2, 0.25) is 0 Å². The number of benzene rings is 1. The molecule has 0 aliphatic carbocycles. The Hall–Kier alpha value is -2.28. The van der Waals surface area contributed by atoms with Gasteiger partial charge in [-0.15, -0.1) is 0 Å². The first-order chi connectivity index (χ1) is 10.9. The molecule has 126 valence electrons. The molecule has 7 nitrogen and oxygen atoms in total. The first-order valence-corrected chi connectivity index (χ1v) is 7.42. The fraction of sp³-hybridized carbons (Fsp3) is 0.500. The molecule has 2 unspecified atom stereocenters. The van der Waals surface area contributed by atoms with E-state index in [4.69, 9.17) is 14.2 Å². The van der Waals surface area contributed by atoms with Crippen LogP contribution in [0.5, 0.6) is 11.5 Å². The topological polar surface area (TPSA) is 85.3 Å². The van der Waals surface area contributed by atoms with Crippen molar-refractivity contribution in [2.75, 3.05) is 18.6 Å². The normalized spacial score (nSPS) is 18.0. The summed E-state index contributed by atoms with van der Waals surface area (Å²) in [6.07, 6.45) is -0.756. The molecule has 0 fully saturated rings. The van der Waals surface area contributed by atoms with E-state index in [1.54, 1.807) is 26.0 Å². The van der Waals surface area contributed by atoms with Crippen LogP contribution in [0.15, 0.2) is 12.1 Å². The van der Waals surface area contributed by atoms with Gasteiger partial charge in [-0.2, -0.15) is 0 Å². The molecule has 23 heavy (non-hydrogen) atoms. The highest BCUT2D eigenvalue weighted by atomic mass is 16.5. The second-order valence-corrected chi connectivity index (χ2v) is 5.20. The number of esters is 1. The number of amides is 1. The van der Waals surface area contributed by atoms with Crippen molar-refractivity contribution >= 4 is 17.6 Å². The SMILES string of the molecule is CCOc1cc(CO)cc2c1OC(C)C(=O)N2C(C)C(=O)OC. The summed E-state index contributed by atoms with van der Waals surface area (Å²) in [5.41, 5.74) is 0.946. The Labute approximate surface area is 134 Å². The molecule has 7 heteroatoms. The number of hydrogen-bond donors (Lipinski definition) is 1. The number of aliphatic hydroxyl groups is 1. The molecule has 0 bridgehead atoms. The molecule has 1 aromatic carbocycles. The van der Waals surface area contributed by atoms with Crippen molar-refractivity contribution in [1.82, 2.24) is 0 Å². The molecule has 1 aliphatic heterocycles. The molecule has 1 N–H and O–H groups in total. The molecule has 0 spiro atoms. The second kappa shape index (κ2) is 6.87. The van der Waals surface area contributed by atoms with E-state index < -0.39 is 18.1 Å². The highest BCUT2D eigenvalue weighted by Gasteiger charge is 2.39. The molecular weight excluding hydrogens is 302 g/mol. The van der Waals surface area contributed by atoms with E-state index in [1.807, 2.05) is 6.92 Å². The van der Waals surface area contributed by atoms with E-state index in [-0.39, 0.29) is 12.5 Å². The Balaban J connectivity index is 2.60. The summed E-state index contributed by atoms with van der Waals surface area (Å²) < 4.78 is 16.0. The number of fused-ring (bicyclic) bond motifs is 1. The van der Waals surface area contributed by atoms with Crippen molar-refractivity contribution < 1.29 is 28.9 Å². The Morgan fingerprint density at radius 1 is 1.48 bits per heavy atom. The average Bonchev–Trinajstić information content (AvgIpc) is 2.55. The van der Waals surface area contributed by atoms with Crippen molar-refractivity contribution in [1.29, 1.82) is 0 Å². The first kappa shape index (κ1) is 17.1. The van der Waals surface area contributed by atoms with Crippen molar-refractivity contribution in [2.24, 2.45) is 0 Å². The Morgan fingerprint density at radius 2 is 2.17 bits per heavy atom. The minimum absolute atomic E-state index is 0.225. The van der Waals surface area contributed by atoms with Gasteiger partial charge in [-0.25, -0.2) is 4.79 Å². The fourth-order valence-corrected chi connectivity index (χ4v) is 2.51. The highest BCUT2D eigenvalue weighted by molar-refractivity contribution is 6.04. The Bertz CT molecular complexity index is 615. The van der Waals surface area contributed by atoms with Crippen LogP contribution in [0, 0.1) is 0 Å². The molecule has 1 amide bonds. The van der Waals surface area contributed by atoms with Gasteiger partial charge in [0.1, 0.15) is 6.04 Å². The molecule has 2 atom stereocenters. The molecule has 0 aromatic heterocycles. The summed E-state index contributed by atoms with van der Waals surface area (Å²) >= 11 is 0. The number of ether oxygens (including phenoxy) is 3. The molecule has 1 aromatic rings. The van der Waals surface area contributed by atoms with Crippen LogP contribution in [-0.4, -0.2) is 42.8 Å². The van der Waals surface area contributed by atoms with Gasteiger partial charge in [-0.3, -0.25) is 9.69 Å². The lowest BCUT2D eigenvalue weighted by atomic mass is 10.1. The number of methoxy groups -OCH3 is 1. The highest BCUT2D eigenvalue weighted by Crippen LogP contribution is 2.43. The quantitative estimate of drug-likeness (QED) is 0.821. The Kier molecular flexibility index (Phi) is 5.10. The summed E-state index contributed by atoms with van der Waals surface area (Å²) in [6, 6.07) is 2.45. The summed E-state index contributed by atoms with van der Waals surface area (Å²) in [7, 11) is 1.27. The average molecular weight is 323 g/mol. The van der Waals surface area contributed by atoms with Gasteiger partial charge < -0.3 is 19.3 Å². The summed E-state index contributed by atoms with van der Waals surface area (Å²) in [6.45, 7) is 5.19. The first-order valence-electron chi connectivity index (χ1n) is 7.42. The lowest BCUT2D eigenvalue weighted by Crippen LogP contribution is -2.51. The van der Waals surface area contributed by atoms with Crippen molar-refractivity contribution in [3.05, 3.63) is 17.7 Å². The van der Waals surface area contributed by atoms with E-state index in [0.29, 0.717) is 29.4 Å². The zero-order valence-electron chi connectivity index (χ0n) is 13.7. The zero-order valence-corrected chi connectivity index (χ0v) is 13.7. The van der Waals surface area contributed by atoms with Gasteiger partial charge in [-0.05, 0) is 38.5 Å². The van der Waals surface area contributed by atoms with Gasteiger partial charge >= 0.3 is 5.97 Å². The van der Waals surface area contributed by atoms with Crippen LogP contribution in [0.4, 0.5) is 5.69 Å². The molecular formula is C16H21NO6. The van der Waals surface area contributed by atoms with Crippen molar-refractivity contribution in [2.45, 2.75) is 39.5 Å². The van der Waals surface area contributed by atoms with Gasteiger partial charge in [0, 0.05) is 0 Å². The monoisotopic (exact) mass is 323 g/mol. The summed E-state index contributed by atoms with van der Waals surface area (Å²) in [5, 5.41) is 9.44. The molecule has 0 radical (unpaired) electrons. The minimum atomic E-state index is -0.819. The van der Waals surface area contributed by atoms with E-state index in [0.717, 1.165) is 0 Å². The predicted molar refractivity (Wildman–Crippen MR) is 82.6 cm³/mol. The van der Waals surface area contributed by atoms with Gasteiger partial charge in [0.15, 0.2) is 17.6 Å². The van der Waals surface area contributed by atoms with Crippen molar-refractivity contribution in [3.63, 3.8) is 0 Å². The lowest BCUT2D eigenvalue weighted by Gasteiger charge is -2.36. The predicted octanol–water partition coefficient (Wildman–Crippen LogP) is 1.25. The van der Waals surface area contributed by atoms with Crippen molar-refractivity contribution in [3.8, 4) is 11.5 Å². The maximum Gasteiger partial charge on any atom is 0.328 e. The molecule has 1 heterocycles. The molecule has 2 rings (SSSR count). The smallest absolute Gasteiger partial charge is 0.328 e. The Morgan fingerprint density at radius 3 is 2.74 bits per heavy atom. The number of anilines is 1. The maximum atomic E-state index is 12.5. The van der Waals surface area contributed by atoms with Gasteiger partial charge in [0.25, 0.3) is 5.91 Å². The second-order valence-electron chi connectivity index (χ2n) is 5.20. The van der Waals surface area contributed by atoms with E-state index in [9.17, 15) is 14.7 Å². The number of nitrogens with zero attached hydrogens (tertiary/aromatic N) is 1. The summed E-state index contributed by atoms with van der Waals surface area (Å²) in [5.74, 6) is -0.0823. The number of carbonyl (C=O) groups excluding carboxylic acids is 2. The molecule has 0 saturated heterocycles. The van der Waals surface area contributed by atoms with Crippen LogP contribution in [0.2, 0.25) is 0 Å². The van der Waals surface area contributed by atoms with Crippen LogP contribution in [0.1, 0.15) is 26.3 Å². The number of hydrogen-bond acceptors (Lipinski definition) is 6. The fourth-order valence-electron chi connectivity index (χ4n) is 2.51. The van der Waals surface area contributed by atoms with Gasteiger partial charge in [-0.1, -0.05) is 0 Å². The molecule has 0 saturated carbocycles. The van der Waals surface area contributed by atoms with E-state index in [2.05, 4.69) is 0 Å². The number of aliphatic hydroxyl groups excluding tert-OH is 1. The zero-order chi connectivity index (χ0) is 17.1. The third kappa shape index (κ3) is 3.10. The number of rotatable bonds is 5. The maximum absolute atomic E-state index is 12.5. The third-order valence-corrected chi connectivity index (χ3v) is 3.65. The molecule has 1 aliphatic rings. The van der Waals surface area contributed by atoms with Crippen LogP contribution in [0.3, 0.4) is 0 Å². The number of carbonyl (C=O) groups is 2. The third-order valence-electron chi connectivity index (χ3n) is 3.65. The standard InChI is InChI=1S/C16H21NO6/c1-5-22-13-7-11(8-18)6-12-14(13)23-10(3)15(19)17(12)9(2)16(20)21-4/h6-7,9-10,18H,5,8H2,1-4H3. The largest absolute Gasteiger partial charge is 0.490 e. The van der Waals surface area contributed by atoms with Crippen LogP contribution in [0.25, 0.3) is 0 Å². The lowest BCUT2D eigenvalue weighted by molar-refractivity contribution is -0.143.